The first-order valence-electron chi connectivity index (χ1n) is 11.1. The number of anilines is 3. The van der Waals surface area contributed by atoms with Gasteiger partial charge in [0.1, 0.15) is 11.8 Å². The molecule has 3 aromatic rings. The van der Waals surface area contributed by atoms with Gasteiger partial charge in [0, 0.05) is 60.6 Å². The number of nitriles is 1. The van der Waals surface area contributed by atoms with Crippen molar-refractivity contribution in [2.24, 2.45) is 0 Å². The van der Waals surface area contributed by atoms with Crippen molar-refractivity contribution in [1.82, 2.24) is 9.88 Å². The van der Waals surface area contributed by atoms with E-state index in [0.717, 1.165) is 37.4 Å². The van der Waals surface area contributed by atoms with Crippen molar-refractivity contribution in [3.63, 3.8) is 0 Å². The summed E-state index contributed by atoms with van der Waals surface area (Å²) in [4.78, 5) is 21.5. The van der Waals surface area contributed by atoms with Crippen LogP contribution < -0.4 is 16.0 Å². The second-order valence-electron chi connectivity index (χ2n) is 8.47. The van der Waals surface area contributed by atoms with Gasteiger partial charge in [-0.05, 0) is 55.9 Å². The third-order valence-electron chi connectivity index (χ3n) is 6.03. The van der Waals surface area contributed by atoms with Crippen molar-refractivity contribution >= 4 is 28.7 Å². The third-order valence-corrected chi connectivity index (χ3v) is 6.03. The lowest BCUT2D eigenvalue weighted by Crippen LogP contribution is -2.44. The van der Waals surface area contributed by atoms with Crippen LogP contribution in [0.4, 0.5) is 17.1 Å². The summed E-state index contributed by atoms with van der Waals surface area (Å²) in [7, 11) is 2.13. The van der Waals surface area contributed by atoms with Gasteiger partial charge >= 0.3 is 0 Å². The fourth-order valence-corrected chi connectivity index (χ4v) is 3.97. The van der Waals surface area contributed by atoms with Crippen LogP contribution in [-0.4, -0.2) is 54.7 Å². The number of hydrogen-bond donors (Lipinski definition) is 3. The van der Waals surface area contributed by atoms with Gasteiger partial charge in [0.05, 0.1) is 11.3 Å². The zero-order valence-corrected chi connectivity index (χ0v) is 19.3. The molecule has 34 heavy (non-hydrogen) atoms. The topological polar surface area (TPSA) is 122 Å². The Balaban J connectivity index is 1.51. The average molecular weight is 454 g/mol. The van der Waals surface area contributed by atoms with Gasteiger partial charge in [-0.3, -0.25) is 10.2 Å². The van der Waals surface area contributed by atoms with E-state index in [0.29, 0.717) is 28.1 Å². The molecule has 0 aliphatic carbocycles. The molecule has 4 N–H and O–H groups in total. The second kappa shape index (κ2) is 9.73. The third kappa shape index (κ3) is 4.90. The number of nitrogens with one attached hydrogen (secondary N) is 2. The number of piperazine rings is 1. The summed E-state index contributed by atoms with van der Waals surface area (Å²) in [5.41, 5.74) is 11.1. The van der Waals surface area contributed by atoms with Gasteiger partial charge in [0.25, 0.3) is 5.91 Å². The highest BCUT2D eigenvalue weighted by Gasteiger charge is 2.16. The maximum Gasteiger partial charge on any atom is 0.274 e. The first-order valence-corrected chi connectivity index (χ1v) is 11.1. The summed E-state index contributed by atoms with van der Waals surface area (Å²) in [5.74, 6) is -0.388. The average Bonchev–Trinajstić information content (AvgIpc) is 2.85. The smallest absolute Gasteiger partial charge is 0.274 e. The Labute approximate surface area is 199 Å². The van der Waals surface area contributed by atoms with Gasteiger partial charge in [-0.15, -0.1) is 0 Å². The van der Waals surface area contributed by atoms with E-state index in [1.807, 2.05) is 30.3 Å². The molecule has 8 nitrogen and oxygen atoms in total. The number of likely N-dealkylation sites (N-methyl/N-ethyl adjacent to an activating group) is 1. The summed E-state index contributed by atoms with van der Waals surface area (Å²) in [6.07, 6.45) is 1.37. The Morgan fingerprint density at radius 1 is 1.12 bits per heavy atom. The van der Waals surface area contributed by atoms with Gasteiger partial charge in [0.2, 0.25) is 0 Å². The Morgan fingerprint density at radius 3 is 2.47 bits per heavy atom. The zero-order chi connectivity index (χ0) is 24.2. The number of carbonyl (C=O) groups excluding carboxylic acids is 1. The van der Waals surface area contributed by atoms with E-state index in [9.17, 15) is 4.79 Å². The van der Waals surface area contributed by atoms with Crippen LogP contribution in [0.3, 0.4) is 0 Å². The van der Waals surface area contributed by atoms with E-state index in [2.05, 4.69) is 27.1 Å². The number of aryl methyl sites for hydroxylation is 1. The molecule has 8 heteroatoms. The summed E-state index contributed by atoms with van der Waals surface area (Å²) in [6.45, 7) is 5.76. The van der Waals surface area contributed by atoms with Crippen LogP contribution in [0.1, 0.15) is 32.7 Å². The molecule has 0 saturated carbocycles. The largest absolute Gasteiger partial charge is 0.398 e. The molecule has 0 bridgehead atoms. The molecular formula is C26H27N7O. The van der Waals surface area contributed by atoms with Crippen molar-refractivity contribution < 1.29 is 4.79 Å². The first kappa shape index (κ1) is 23.0. The highest BCUT2D eigenvalue weighted by molar-refractivity contribution is 6.15. The minimum absolute atomic E-state index is 0.243. The molecule has 1 saturated heterocycles. The lowest BCUT2D eigenvalue weighted by Gasteiger charge is -2.34. The second-order valence-corrected chi connectivity index (χ2v) is 8.47. The van der Waals surface area contributed by atoms with E-state index < -0.39 is 0 Å². The van der Waals surface area contributed by atoms with Crippen LogP contribution in [0.5, 0.6) is 0 Å². The van der Waals surface area contributed by atoms with Crippen molar-refractivity contribution in [3.05, 3.63) is 82.7 Å². The standard InChI is InChI=1S/C26H27N7O/c1-17-13-18(15-27)16-30-25(17)26(34)31-20-5-8-23(28)22(14-20)24(29)19-3-6-21(7-4-19)33-11-9-32(2)10-12-33/h3-8,13-14,16,29H,9-12,28H2,1-2H3,(H,31,34). The van der Waals surface area contributed by atoms with Gasteiger partial charge in [-0.1, -0.05) is 12.1 Å². The molecule has 172 valence electrons. The quantitative estimate of drug-likeness (QED) is 0.403. The number of rotatable bonds is 5. The van der Waals surface area contributed by atoms with Crippen molar-refractivity contribution in [1.29, 1.82) is 10.7 Å². The van der Waals surface area contributed by atoms with Crippen LogP contribution in [0.15, 0.2) is 54.7 Å². The van der Waals surface area contributed by atoms with E-state index in [4.69, 9.17) is 16.4 Å². The molecule has 1 aliphatic heterocycles. The number of carbonyl (C=O) groups is 1. The number of amides is 1. The molecule has 0 spiro atoms. The first-order chi connectivity index (χ1) is 16.4. The zero-order valence-electron chi connectivity index (χ0n) is 19.3. The molecule has 1 aromatic heterocycles. The SMILES string of the molecule is Cc1cc(C#N)cnc1C(=O)Nc1ccc(N)c(C(=N)c2ccc(N3CCN(C)CC3)cc2)c1. The van der Waals surface area contributed by atoms with Gasteiger partial charge in [-0.2, -0.15) is 5.26 Å². The minimum atomic E-state index is -0.388. The minimum Gasteiger partial charge on any atom is -0.398 e. The predicted octanol–water partition coefficient (Wildman–Crippen LogP) is 3.26. The molecule has 4 rings (SSSR count). The number of hydrogen-bond acceptors (Lipinski definition) is 7. The molecule has 1 amide bonds. The number of nitrogens with two attached hydrogens (primary N) is 1. The van der Waals surface area contributed by atoms with Crippen LogP contribution in [0.2, 0.25) is 0 Å². The van der Waals surface area contributed by atoms with Crippen LogP contribution in [-0.2, 0) is 0 Å². The van der Waals surface area contributed by atoms with Gasteiger partial charge in [0.15, 0.2) is 0 Å². The van der Waals surface area contributed by atoms with Crippen molar-refractivity contribution in [2.45, 2.75) is 6.92 Å². The highest BCUT2D eigenvalue weighted by Crippen LogP contribution is 2.24. The molecule has 0 atom stereocenters. The van der Waals surface area contributed by atoms with E-state index >= 15 is 0 Å². The summed E-state index contributed by atoms with van der Waals surface area (Å²) in [5, 5.41) is 20.5. The van der Waals surface area contributed by atoms with Gasteiger partial charge in [-0.25, -0.2) is 4.98 Å². The summed E-state index contributed by atoms with van der Waals surface area (Å²) >= 11 is 0. The van der Waals surface area contributed by atoms with Crippen LogP contribution in [0.25, 0.3) is 0 Å². The number of nitrogens with zero attached hydrogens (tertiary/aromatic N) is 4. The number of benzene rings is 2. The normalized spacial score (nSPS) is 13.9. The highest BCUT2D eigenvalue weighted by atomic mass is 16.1. The van der Waals surface area contributed by atoms with E-state index in [-0.39, 0.29) is 17.3 Å². The fraction of sp³-hybridized carbons (Fsp3) is 0.231. The molecule has 0 radical (unpaired) electrons. The Kier molecular flexibility index (Phi) is 6.57. The van der Waals surface area contributed by atoms with Crippen LogP contribution >= 0.6 is 0 Å². The summed E-state index contributed by atoms with van der Waals surface area (Å²) < 4.78 is 0. The Hall–Kier alpha value is -4.22. The molecular weight excluding hydrogens is 426 g/mol. The predicted molar refractivity (Wildman–Crippen MR) is 135 cm³/mol. The Morgan fingerprint density at radius 2 is 1.82 bits per heavy atom. The maximum absolute atomic E-state index is 12.7. The van der Waals surface area contributed by atoms with E-state index in [1.54, 1.807) is 31.2 Å². The van der Waals surface area contributed by atoms with Crippen molar-refractivity contribution in [3.8, 4) is 6.07 Å². The molecule has 1 aliphatic rings. The van der Waals surface area contributed by atoms with Crippen LogP contribution in [0, 0.1) is 23.7 Å². The monoisotopic (exact) mass is 453 g/mol. The molecule has 1 fully saturated rings. The molecule has 0 unspecified atom stereocenters. The Bertz CT molecular complexity index is 1270. The molecule has 2 aromatic carbocycles. The summed E-state index contributed by atoms with van der Waals surface area (Å²) in [6, 6.07) is 16.7. The lowest BCUT2D eigenvalue weighted by molar-refractivity contribution is 0.102. The number of pyridine rings is 1. The maximum atomic E-state index is 12.7. The molecule has 2 heterocycles. The number of aromatic nitrogens is 1. The lowest BCUT2D eigenvalue weighted by atomic mass is 9.99. The number of nitrogen functional groups attached to an aromatic ring is 1. The van der Waals surface area contributed by atoms with E-state index in [1.165, 1.54) is 6.20 Å². The van der Waals surface area contributed by atoms with Gasteiger partial charge < -0.3 is 20.9 Å². The fourth-order valence-electron chi connectivity index (χ4n) is 3.97. The van der Waals surface area contributed by atoms with Crippen molar-refractivity contribution in [2.75, 3.05) is 49.2 Å².